The monoisotopic (exact) mass is 594 g/mol. The van der Waals surface area contributed by atoms with Crippen molar-refractivity contribution in [3.8, 4) is 0 Å². The molecule has 1 aliphatic rings. The van der Waals surface area contributed by atoms with E-state index in [9.17, 15) is 18.3 Å². The summed E-state index contributed by atoms with van der Waals surface area (Å²) >= 11 is 12.2. The number of imidazole rings is 1. The predicted molar refractivity (Wildman–Crippen MR) is 150 cm³/mol. The molecular weight excluding hydrogens is 563 g/mol. The highest BCUT2D eigenvalue weighted by Gasteiger charge is 2.33. The molecule has 210 valence electrons. The first-order valence-corrected chi connectivity index (χ1v) is 15.0. The smallest absolute Gasteiger partial charge is 0.409 e. The van der Waals surface area contributed by atoms with Crippen LogP contribution in [0.25, 0.3) is 0 Å². The van der Waals surface area contributed by atoms with Crippen LogP contribution in [0.15, 0.2) is 66.1 Å². The van der Waals surface area contributed by atoms with Crippen molar-refractivity contribution < 1.29 is 23.1 Å². The average molecular weight is 596 g/mol. The maximum absolute atomic E-state index is 13.9. The van der Waals surface area contributed by atoms with Crippen LogP contribution in [0.5, 0.6) is 0 Å². The summed E-state index contributed by atoms with van der Waals surface area (Å²) in [5.41, 5.74) is 0.573. The maximum Gasteiger partial charge on any atom is 0.409 e. The second kappa shape index (κ2) is 13.0. The van der Waals surface area contributed by atoms with E-state index in [1.165, 1.54) is 30.3 Å². The number of halogens is 2. The number of benzene rings is 2. The van der Waals surface area contributed by atoms with E-state index in [2.05, 4.69) is 4.98 Å². The van der Waals surface area contributed by atoms with Gasteiger partial charge in [0, 0.05) is 47.6 Å². The van der Waals surface area contributed by atoms with Gasteiger partial charge in [0.2, 0.25) is 0 Å². The summed E-state index contributed by atoms with van der Waals surface area (Å²) in [5.74, 6) is 0.462. The molecule has 9 nitrogen and oxygen atoms in total. The number of hydrogen-bond acceptors (Lipinski definition) is 6. The Morgan fingerprint density at radius 1 is 1.18 bits per heavy atom. The summed E-state index contributed by atoms with van der Waals surface area (Å²) in [6, 6.07) is 9.60. The molecule has 1 fully saturated rings. The highest BCUT2D eigenvalue weighted by atomic mass is 35.5. The van der Waals surface area contributed by atoms with Crippen LogP contribution in [0.4, 0.5) is 10.5 Å². The molecule has 1 aliphatic carbocycles. The zero-order valence-electron chi connectivity index (χ0n) is 21.6. The summed E-state index contributed by atoms with van der Waals surface area (Å²) in [7, 11) is -4.14. The van der Waals surface area contributed by atoms with E-state index in [0.717, 1.165) is 30.1 Å². The number of nitrogens with zero attached hydrogens (tertiary/aromatic N) is 4. The Labute approximate surface area is 239 Å². The third-order valence-corrected chi connectivity index (χ3v) is 8.94. The zero-order valence-corrected chi connectivity index (χ0v) is 23.9. The average Bonchev–Trinajstić information content (AvgIpc) is 3.58. The summed E-state index contributed by atoms with van der Waals surface area (Å²) in [6.07, 6.45) is 7.71. The third kappa shape index (κ3) is 7.66. The quantitative estimate of drug-likeness (QED) is 0.291. The molecule has 0 aliphatic heterocycles. The topological polar surface area (TPSA) is 105 Å². The number of aliphatic hydroxyl groups is 1. The van der Waals surface area contributed by atoms with Gasteiger partial charge in [0.15, 0.2) is 0 Å². The van der Waals surface area contributed by atoms with Crippen molar-refractivity contribution in [1.82, 2.24) is 14.5 Å². The van der Waals surface area contributed by atoms with Gasteiger partial charge in [-0.05, 0) is 68.5 Å². The Bertz CT molecular complexity index is 1350. The Balaban J connectivity index is 1.53. The molecule has 1 amide bonds. The Morgan fingerprint density at radius 3 is 2.54 bits per heavy atom. The minimum Gasteiger partial charge on any atom is -0.447 e. The Kier molecular flexibility index (Phi) is 9.76. The van der Waals surface area contributed by atoms with E-state index in [1.807, 2.05) is 10.8 Å². The normalized spacial score (nSPS) is 14.2. The van der Waals surface area contributed by atoms with Crippen molar-refractivity contribution in [3.05, 3.63) is 76.8 Å². The fraction of sp³-hybridized carbons (Fsp3) is 0.407. The Hall–Kier alpha value is -2.79. The van der Waals surface area contributed by atoms with Gasteiger partial charge in [-0.3, -0.25) is 4.31 Å². The molecule has 0 bridgehead atoms. The maximum atomic E-state index is 13.9. The van der Waals surface area contributed by atoms with E-state index in [-0.39, 0.29) is 17.2 Å². The predicted octanol–water partition coefficient (Wildman–Crippen LogP) is 5.20. The molecule has 12 heteroatoms. The minimum absolute atomic E-state index is 0.00352. The number of aromatic nitrogens is 2. The molecule has 2 aromatic carbocycles. The first-order valence-electron chi connectivity index (χ1n) is 12.8. The van der Waals surface area contributed by atoms with Crippen LogP contribution in [0, 0.1) is 5.92 Å². The molecule has 0 radical (unpaired) electrons. The van der Waals surface area contributed by atoms with Crippen molar-refractivity contribution in [2.45, 2.75) is 50.3 Å². The van der Waals surface area contributed by atoms with Crippen molar-refractivity contribution in [1.29, 1.82) is 0 Å². The summed E-state index contributed by atoms with van der Waals surface area (Å²) in [6.45, 7) is 2.87. The number of aliphatic hydroxyl groups excluding tert-OH is 1. The number of carbonyl (C=O) groups is 1. The fourth-order valence-electron chi connectivity index (χ4n) is 4.28. The first kappa shape index (κ1) is 29.2. The summed E-state index contributed by atoms with van der Waals surface area (Å²) in [4.78, 5) is 18.9. The van der Waals surface area contributed by atoms with E-state index in [1.54, 1.807) is 36.5 Å². The number of carbonyl (C=O) groups excluding carboxylic acids is 1. The first-order chi connectivity index (χ1) is 18.7. The highest BCUT2D eigenvalue weighted by molar-refractivity contribution is 7.92. The van der Waals surface area contributed by atoms with Gasteiger partial charge in [-0.15, -0.1) is 0 Å². The molecule has 1 aromatic heterocycles. The van der Waals surface area contributed by atoms with Gasteiger partial charge in [0.1, 0.15) is 6.61 Å². The van der Waals surface area contributed by atoms with Gasteiger partial charge in [0.25, 0.3) is 10.0 Å². The van der Waals surface area contributed by atoms with E-state index >= 15 is 0 Å². The molecule has 39 heavy (non-hydrogen) atoms. The second-order valence-electron chi connectivity index (χ2n) is 9.66. The lowest BCUT2D eigenvalue weighted by Crippen LogP contribution is -2.44. The SMILES string of the molecule is C[C@H](COC(=O)N(CCCn1ccnc1)CC1CC1)N(c1cc(Cl)ccc1CO)S(=O)(=O)c1ccc(Cl)cc1. The summed E-state index contributed by atoms with van der Waals surface area (Å²) in [5, 5.41) is 10.7. The van der Waals surface area contributed by atoms with Gasteiger partial charge in [0.05, 0.1) is 29.6 Å². The second-order valence-corrected chi connectivity index (χ2v) is 12.3. The molecule has 0 unspecified atom stereocenters. The standard InChI is InChI=1S/C27H32Cl2N4O5S/c1-20(18-38-27(35)32(16-21-3-4-21)13-2-12-31-14-11-30-19-31)33(26-15-24(29)6-5-22(26)17-34)39(36,37)25-9-7-23(28)8-10-25/h5-11,14-15,19-21,34H,2-4,12-13,16-18H2,1H3/t20-/m1/s1. The highest BCUT2D eigenvalue weighted by Crippen LogP contribution is 2.33. The van der Waals surface area contributed by atoms with Gasteiger partial charge in [-0.1, -0.05) is 29.3 Å². The fourth-order valence-corrected chi connectivity index (χ4v) is 6.25. The van der Waals surface area contributed by atoms with Crippen molar-refractivity contribution >= 4 is 45.0 Å². The van der Waals surface area contributed by atoms with Gasteiger partial charge in [-0.2, -0.15) is 0 Å². The van der Waals surface area contributed by atoms with E-state index < -0.39 is 28.8 Å². The Morgan fingerprint density at radius 2 is 1.90 bits per heavy atom. The van der Waals surface area contributed by atoms with E-state index in [4.69, 9.17) is 27.9 Å². The van der Waals surface area contributed by atoms with Crippen molar-refractivity contribution in [2.75, 3.05) is 24.0 Å². The van der Waals surface area contributed by atoms with Crippen LogP contribution in [-0.4, -0.2) is 59.8 Å². The van der Waals surface area contributed by atoms with Crippen LogP contribution in [-0.2, 0) is 27.9 Å². The van der Waals surface area contributed by atoms with Crippen LogP contribution in [0.2, 0.25) is 10.0 Å². The van der Waals surface area contributed by atoms with Crippen LogP contribution in [0.3, 0.4) is 0 Å². The molecule has 1 N–H and O–H groups in total. The zero-order chi connectivity index (χ0) is 28.0. The molecule has 1 saturated carbocycles. The lowest BCUT2D eigenvalue weighted by atomic mass is 10.1. The van der Waals surface area contributed by atoms with Crippen LogP contribution in [0.1, 0.15) is 31.7 Å². The number of amides is 1. The summed E-state index contributed by atoms with van der Waals surface area (Å²) < 4.78 is 36.5. The molecule has 0 saturated heterocycles. The van der Waals surface area contributed by atoms with E-state index in [0.29, 0.717) is 34.6 Å². The largest absolute Gasteiger partial charge is 0.447 e. The third-order valence-electron chi connectivity index (χ3n) is 6.51. The lowest BCUT2D eigenvalue weighted by Gasteiger charge is -2.32. The number of sulfonamides is 1. The molecular formula is C27H32Cl2N4O5S. The van der Waals surface area contributed by atoms with Gasteiger partial charge >= 0.3 is 6.09 Å². The number of anilines is 1. The molecule has 1 atom stereocenters. The van der Waals surface area contributed by atoms with Crippen molar-refractivity contribution in [3.63, 3.8) is 0 Å². The number of hydrogen-bond donors (Lipinski definition) is 1. The molecule has 4 rings (SSSR count). The van der Waals surface area contributed by atoms with Crippen LogP contribution < -0.4 is 4.31 Å². The molecule has 1 heterocycles. The van der Waals surface area contributed by atoms with Gasteiger partial charge in [-0.25, -0.2) is 18.2 Å². The molecule has 0 spiro atoms. The lowest BCUT2D eigenvalue weighted by molar-refractivity contribution is 0.0959. The minimum atomic E-state index is -4.14. The van der Waals surface area contributed by atoms with Crippen LogP contribution >= 0.6 is 23.2 Å². The number of aryl methyl sites for hydroxylation is 1. The number of ether oxygens (including phenoxy) is 1. The van der Waals surface area contributed by atoms with Gasteiger partial charge < -0.3 is 19.3 Å². The van der Waals surface area contributed by atoms with Crippen molar-refractivity contribution in [2.24, 2.45) is 5.92 Å². The molecule has 3 aromatic rings. The number of rotatable bonds is 13.